The van der Waals surface area contributed by atoms with Crippen molar-refractivity contribution in [3.63, 3.8) is 0 Å². The van der Waals surface area contributed by atoms with E-state index >= 15 is 0 Å². The molecule has 10 heteroatoms. The second-order valence-electron chi connectivity index (χ2n) is 5.08. The number of aliphatic imine (C=N–C) groups is 1. The van der Waals surface area contributed by atoms with Crippen LogP contribution in [0, 0.1) is 10.1 Å². The van der Waals surface area contributed by atoms with Crippen LogP contribution in [0.2, 0.25) is 5.02 Å². The lowest BCUT2D eigenvalue weighted by Gasteiger charge is -2.00. The Morgan fingerprint density at radius 1 is 1.31 bits per heavy atom. The third-order valence-electron chi connectivity index (χ3n) is 3.29. The number of amides is 1. The van der Waals surface area contributed by atoms with E-state index < -0.39 is 4.92 Å². The Hall–Kier alpha value is -2.36. The van der Waals surface area contributed by atoms with Gasteiger partial charge in [-0.2, -0.15) is 0 Å². The molecule has 1 aliphatic heterocycles. The van der Waals surface area contributed by atoms with Crippen molar-refractivity contribution in [2.24, 2.45) is 4.99 Å². The lowest BCUT2D eigenvalue weighted by Crippen LogP contribution is -2.19. The number of amidine groups is 1. The van der Waals surface area contributed by atoms with Gasteiger partial charge in [0.1, 0.15) is 5.75 Å². The second-order valence-corrected chi connectivity index (χ2v) is 7.43. The van der Waals surface area contributed by atoms with Gasteiger partial charge >= 0.3 is 0 Å². The fourth-order valence-corrected chi connectivity index (χ4v) is 3.49. The Morgan fingerprint density at radius 3 is 2.77 bits per heavy atom. The number of benzene rings is 2. The minimum atomic E-state index is -0.555. The van der Waals surface area contributed by atoms with Crippen LogP contribution >= 0.6 is 39.3 Å². The van der Waals surface area contributed by atoms with Gasteiger partial charge in [-0.3, -0.25) is 14.9 Å². The molecule has 1 heterocycles. The molecule has 0 saturated carbocycles. The van der Waals surface area contributed by atoms with Crippen LogP contribution < -0.4 is 5.32 Å². The molecule has 1 aliphatic rings. The van der Waals surface area contributed by atoms with Crippen molar-refractivity contribution in [1.82, 2.24) is 5.32 Å². The fraction of sp³-hybridized carbons (Fsp3) is 0. The summed E-state index contributed by atoms with van der Waals surface area (Å²) in [5.74, 6) is -0.330. The van der Waals surface area contributed by atoms with E-state index in [9.17, 15) is 20.0 Å². The van der Waals surface area contributed by atoms with Crippen molar-refractivity contribution in [2.75, 3.05) is 0 Å². The minimum Gasteiger partial charge on any atom is -0.507 e. The summed E-state index contributed by atoms with van der Waals surface area (Å²) < 4.78 is 0.761. The van der Waals surface area contributed by atoms with Gasteiger partial charge in [-0.05, 0) is 42.1 Å². The molecule has 0 atom stereocenters. The molecule has 0 radical (unpaired) electrons. The Kier molecular flexibility index (Phi) is 5.30. The van der Waals surface area contributed by atoms with Crippen LogP contribution in [0.4, 0.5) is 11.4 Å². The highest BCUT2D eigenvalue weighted by atomic mass is 79.9. The van der Waals surface area contributed by atoms with Gasteiger partial charge in [0.2, 0.25) is 0 Å². The van der Waals surface area contributed by atoms with E-state index in [1.165, 1.54) is 24.3 Å². The van der Waals surface area contributed by atoms with Crippen molar-refractivity contribution in [1.29, 1.82) is 0 Å². The lowest BCUT2D eigenvalue weighted by atomic mass is 10.2. The Morgan fingerprint density at radius 2 is 2.08 bits per heavy atom. The summed E-state index contributed by atoms with van der Waals surface area (Å²) in [6, 6.07) is 8.75. The number of phenolic OH excluding ortho intramolecular Hbond substituents is 1. The summed E-state index contributed by atoms with van der Waals surface area (Å²) in [6.07, 6.45) is 1.54. The number of carbonyl (C=O) groups excluding carboxylic acids is 1. The number of nitro benzene ring substituents is 1. The van der Waals surface area contributed by atoms with Crippen molar-refractivity contribution < 1.29 is 14.8 Å². The van der Waals surface area contributed by atoms with Gasteiger partial charge in [0.15, 0.2) is 5.17 Å². The van der Waals surface area contributed by atoms with E-state index in [0.29, 0.717) is 16.2 Å². The number of carbonyl (C=O) groups is 1. The van der Waals surface area contributed by atoms with E-state index in [2.05, 4.69) is 26.2 Å². The monoisotopic (exact) mass is 453 g/mol. The molecule has 2 N–H and O–H groups in total. The molecule has 0 unspecified atom stereocenters. The van der Waals surface area contributed by atoms with E-state index in [0.717, 1.165) is 16.2 Å². The molecule has 132 valence electrons. The summed E-state index contributed by atoms with van der Waals surface area (Å²) in [7, 11) is 0. The first-order valence-corrected chi connectivity index (χ1v) is 9.04. The van der Waals surface area contributed by atoms with Gasteiger partial charge in [-0.1, -0.05) is 27.5 Å². The van der Waals surface area contributed by atoms with Crippen LogP contribution in [0.3, 0.4) is 0 Å². The number of rotatable bonds is 3. The van der Waals surface area contributed by atoms with Crippen molar-refractivity contribution >= 4 is 67.8 Å². The van der Waals surface area contributed by atoms with E-state index in [1.807, 2.05) is 0 Å². The molecule has 26 heavy (non-hydrogen) atoms. The summed E-state index contributed by atoms with van der Waals surface area (Å²) in [5.41, 5.74) is 0.631. The van der Waals surface area contributed by atoms with Gasteiger partial charge in [-0.15, -0.1) is 0 Å². The molecule has 7 nitrogen and oxygen atoms in total. The fourth-order valence-electron chi connectivity index (χ4n) is 2.07. The van der Waals surface area contributed by atoms with Gasteiger partial charge in [0.05, 0.1) is 20.5 Å². The number of nitrogens with zero attached hydrogens (tertiary/aromatic N) is 2. The largest absolute Gasteiger partial charge is 0.507 e. The highest BCUT2D eigenvalue weighted by Gasteiger charge is 2.24. The maximum atomic E-state index is 12.1. The summed E-state index contributed by atoms with van der Waals surface area (Å²) >= 11 is 10.4. The third kappa shape index (κ3) is 4.06. The average Bonchev–Trinajstić information content (AvgIpc) is 2.92. The first-order chi connectivity index (χ1) is 12.3. The molecule has 1 fully saturated rings. The van der Waals surface area contributed by atoms with Crippen LogP contribution in [0.15, 0.2) is 50.8 Å². The van der Waals surface area contributed by atoms with Gasteiger partial charge in [0.25, 0.3) is 11.6 Å². The van der Waals surface area contributed by atoms with Crippen LogP contribution in [0.1, 0.15) is 5.56 Å². The van der Waals surface area contributed by atoms with E-state index in [1.54, 1.807) is 18.2 Å². The molecule has 1 saturated heterocycles. The van der Waals surface area contributed by atoms with Gasteiger partial charge in [-0.25, -0.2) is 4.99 Å². The number of phenols is 1. The van der Waals surface area contributed by atoms with Crippen LogP contribution in [-0.2, 0) is 4.79 Å². The first-order valence-electron chi connectivity index (χ1n) is 7.05. The molecule has 3 rings (SSSR count). The molecule has 1 amide bonds. The summed E-state index contributed by atoms with van der Waals surface area (Å²) in [4.78, 5) is 26.9. The number of hydrogen-bond donors (Lipinski definition) is 2. The van der Waals surface area contributed by atoms with Crippen LogP contribution in [-0.4, -0.2) is 21.1 Å². The number of halogens is 2. The standard InChI is InChI=1S/C16H9BrClN3O4S/c17-9-1-4-13(22)8(5-9)6-14-15(23)20-16(26-14)19-12-3-2-10(21(24)25)7-11(12)18/h1-7,22H,(H,19,20,23)/b14-6+. The molecule has 2 aromatic carbocycles. The number of non-ortho nitro benzene ring substituents is 1. The molecule has 0 aromatic heterocycles. The van der Waals surface area contributed by atoms with Crippen molar-refractivity contribution in [3.8, 4) is 5.75 Å². The topological polar surface area (TPSA) is 105 Å². The number of nitro groups is 1. The number of aromatic hydroxyl groups is 1. The molecule has 0 spiro atoms. The highest BCUT2D eigenvalue weighted by molar-refractivity contribution is 9.10. The molecule has 0 bridgehead atoms. The SMILES string of the molecule is O=C1NC(=Nc2ccc([N+](=O)[O-])cc2Cl)S/C1=C/c1cc(Br)ccc1O. The lowest BCUT2D eigenvalue weighted by molar-refractivity contribution is -0.384. The summed E-state index contributed by atoms with van der Waals surface area (Å²) in [5, 5.41) is 23.6. The van der Waals surface area contributed by atoms with E-state index in [4.69, 9.17) is 11.6 Å². The quantitative estimate of drug-likeness (QED) is 0.400. The minimum absolute atomic E-state index is 0.0397. The normalized spacial score (nSPS) is 16.9. The van der Waals surface area contributed by atoms with Crippen LogP contribution in [0.25, 0.3) is 6.08 Å². The zero-order chi connectivity index (χ0) is 18.8. The zero-order valence-corrected chi connectivity index (χ0v) is 15.9. The Labute approximate surface area is 165 Å². The Bertz CT molecular complexity index is 993. The third-order valence-corrected chi connectivity index (χ3v) is 5.00. The first kappa shape index (κ1) is 18.4. The van der Waals surface area contributed by atoms with E-state index in [-0.39, 0.29) is 27.5 Å². The average molecular weight is 455 g/mol. The number of nitrogens with one attached hydrogen (secondary N) is 1. The number of thioether (sulfide) groups is 1. The molecular weight excluding hydrogens is 446 g/mol. The van der Waals surface area contributed by atoms with Gasteiger partial charge < -0.3 is 10.4 Å². The smallest absolute Gasteiger partial charge is 0.271 e. The Balaban J connectivity index is 1.88. The molecule has 0 aliphatic carbocycles. The highest BCUT2D eigenvalue weighted by Crippen LogP contribution is 2.34. The maximum Gasteiger partial charge on any atom is 0.271 e. The maximum absolute atomic E-state index is 12.1. The van der Waals surface area contributed by atoms with Crippen molar-refractivity contribution in [3.05, 3.63) is 66.5 Å². The molecular formula is C16H9BrClN3O4S. The van der Waals surface area contributed by atoms with Crippen molar-refractivity contribution in [2.45, 2.75) is 0 Å². The predicted molar refractivity (Wildman–Crippen MR) is 105 cm³/mol. The van der Waals surface area contributed by atoms with Crippen LogP contribution in [0.5, 0.6) is 5.75 Å². The second kappa shape index (κ2) is 7.48. The summed E-state index contributed by atoms with van der Waals surface area (Å²) in [6.45, 7) is 0. The number of hydrogen-bond acceptors (Lipinski definition) is 6. The van der Waals surface area contributed by atoms with Gasteiger partial charge in [0, 0.05) is 22.2 Å². The molecule has 2 aromatic rings. The zero-order valence-electron chi connectivity index (χ0n) is 12.8. The predicted octanol–water partition coefficient (Wildman–Crippen LogP) is 4.61.